The van der Waals surface area contributed by atoms with Crippen LogP contribution in [-0.4, -0.2) is 29.9 Å². The van der Waals surface area contributed by atoms with Gasteiger partial charge in [-0.3, -0.25) is 0 Å². The summed E-state index contributed by atoms with van der Waals surface area (Å²) < 4.78 is 31.5. The van der Waals surface area contributed by atoms with Gasteiger partial charge in [-0.25, -0.2) is 8.42 Å². The average molecular weight is 392 g/mol. The third-order valence-electron chi connectivity index (χ3n) is 3.92. The molecule has 0 amide bonds. The van der Waals surface area contributed by atoms with Crippen LogP contribution in [0.15, 0.2) is 53.1 Å². The summed E-state index contributed by atoms with van der Waals surface area (Å²) in [6, 6.07) is 14.4. The van der Waals surface area contributed by atoms with Crippen molar-refractivity contribution in [3.8, 4) is 11.4 Å². The van der Waals surface area contributed by atoms with E-state index < -0.39 is 10.0 Å². The van der Waals surface area contributed by atoms with Crippen LogP contribution >= 0.6 is 11.6 Å². The van der Waals surface area contributed by atoms with Crippen LogP contribution in [-0.2, 0) is 22.3 Å². The van der Waals surface area contributed by atoms with E-state index in [2.05, 4.69) is 10.1 Å². The maximum absolute atomic E-state index is 12.5. The van der Waals surface area contributed by atoms with Crippen molar-refractivity contribution in [3.05, 3.63) is 70.6 Å². The first-order chi connectivity index (χ1) is 12.3. The van der Waals surface area contributed by atoms with Crippen molar-refractivity contribution < 1.29 is 12.9 Å². The average Bonchev–Trinajstić information content (AvgIpc) is 3.03. The van der Waals surface area contributed by atoms with Gasteiger partial charge in [-0.15, -0.1) is 0 Å². The highest BCUT2D eigenvalue weighted by Crippen LogP contribution is 2.21. The number of hydrogen-bond donors (Lipinski definition) is 0. The first-order valence-electron chi connectivity index (χ1n) is 7.92. The number of benzene rings is 2. The first-order valence-corrected chi connectivity index (χ1v) is 9.91. The van der Waals surface area contributed by atoms with Crippen molar-refractivity contribution in [1.29, 1.82) is 0 Å². The van der Waals surface area contributed by atoms with E-state index in [-0.39, 0.29) is 18.2 Å². The number of aryl methyl sites for hydroxylation is 1. The van der Waals surface area contributed by atoms with Crippen molar-refractivity contribution in [1.82, 2.24) is 14.4 Å². The summed E-state index contributed by atoms with van der Waals surface area (Å²) in [5.41, 5.74) is 2.49. The molecule has 0 unspecified atom stereocenters. The number of sulfonamides is 1. The predicted octanol–water partition coefficient (Wildman–Crippen LogP) is 3.66. The fraction of sp³-hybridized carbons (Fsp3) is 0.222. The summed E-state index contributed by atoms with van der Waals surface area (Å²) >= 11 is 5.92. The molecule has 3 aromatic rings. The molecule has 1 heterocycles. The lowest BCUT2D eigenvalue weighted by atomic mass is 10.1. The van der Waals surface area contributed by atoms with Crippen molar-refractivity contribution in [3.63, 3.8) is 0 Å². The monoisotopic (exact) mass is 391 g/mol. The Morgan fingerprint density at radius 3 is 2.65 bits per heavy atom. The molecule has 0 spiro atoms. The Hall–Kier alpha value is -2.22. The van der Waals surface area contributed by atoms with E-state index in [1.54, 1.807) is 24.3 Å². The second-order valence-corrected chi connectivity index (χ2v) is 8.48. The third-order valence-corrected chi connectivity index (χ3v) is 5.94. The van der Waals surface area contributed by atoms with Crippen LogP contribution < -0.4 is 0 Å². The van der Waals surface area contributed by atoms with Gasteiger partial charge in [0.25, 0.3) is 0 Å². The molecule has 136 valence electrons. The summed E-state index contributed by atoms with van der Waals surface area (Å²) in [5, 5.41) is 4.45. The van der Waals surface area contributed by atoms with Crippen LogP contribution in [0.4, 0.5) is 0 Å². The Balaban J connectivity index is 1.73. The molecule has 0 saturated carbocycles. The quantitative estimate of drug-likeness (QED) is 0.640. The van der Waals surface area contributed by atoms with Crippen LogP contribution in [0, 0.1) is 6.92 Å². The fourth-order valence-electron chi connectivity index (χ4n) is 2.49. The third kappa shape index (κ3) is 4.30. The lowest BCUT2D eigenvalue weighted by Crippen LogP contribution is -2.27. The molecule has 2 aromatic carbocycles. The number of nitrogens with zero attached hydrogens (tertiary/aromatic N) is 3. The Labute approximate surface area is 157 Å². The minimum absolute atomic E-state index is 0.00177. The van der Waals surface area contributed by atoms with Gasteiger partial charge in [-0.2, -0.15) is 9.29 Å². The Bertz CT molecular complexity index is 1020. The van der Waals surface area contributed by atoms with Crippen molar-refractivity contribution >= 4 is 21.6 Å². The van der Waals surface area contributed by atoms with E-state index >= 15 is 0 Å². The second-order valence-electron chi connectivity index (χ2n) is 5.97. The molecule has 0 aliphatic carbocycles. The zero-order valence-corrected chi connectivity index (χ0v) is 16.0. The van der Waals surface area contributed by atoms with Crippen LogP contribution in [0.5, 0.6) is 0 Å². The van der Waals surface area contributed by atoms with E-state index in [0.29, 0.717) is 16.4 Å². The van der Waals surface area contributed by atoms with E-state index in [1.807, 2.05) is 31.2 Å². The molecular formula is C18H18ClN3O3S. The molecule has 0 radical (unpaired) electrons. The molecule has 3 rings (SSSR count). The summed E-state index contributed by atoms with van der Waals surface area (Å²) in [6.07, 6.45) is 0. The van der Waals surface area contributed by atoms with E-state index in [4.69, 9.17) is 16.1 Å². The standard InChI is InChI=1S/C18H18ClN3O3S/c1-13-6-3-4-9-16(13)18-20-17(25-21-18)11-22(2)26(23,24)12-14-7-5-8-15(19)10-14/h3-10H,11-12H2,1-2H3. The highest BCUT2D eigenvalue weighted by Gasteiger charge is 2.22. The second kappa shape index (κ2) is 7.57. The minimum atomic E-state index is -3.54. The summed E-state index contributed by atoms with van der Waals surface area (Å²) in [6.45, 7) is 1.95. The lowest BCUT2D eigenvalue weighted by molar-refractivity contribution is 0.336. The minimum Gasteiger partial charge on any atom is -0.338 e. The van der Waals surface area contributed by atoms with Crippen LogP contribution in [0.1, 0.15) is 17.0 Å². The zero-order chi connectivity index (χ0) is 18.7. The summed E-state index contributed by atoms with van der Waals surface area (Å²) in [7, 11) is -2.06. The largest absolute Gasteiger partial charge is 0.338 e. The SMILES string of the molecule is Cc1ccccc1-c1noc(CN(C)S(=O)(=O)Cc2cccc(Cl)c2)n1. The first kappa shape index (κ1) is 18.6. The summed E-state index contributed by atoms with van der Waals surface area (Å²) in [5.74, 6) is 0.530. The molecule has 6 nitrogen and oxygen atoms in total. The van der Waals surface area contributed by atoms with Crippen molar-refractivity contribution in [2.45, 2.75) is 19.2 Å². The van der Waals surface area contributed by atoms with Gasteiger partial charge in [0.15, 0.2) is 0 Å². The van der Waals surface area contributed by atoms with Crippen LogP contribution in [0.25, 0.3) is 11.4 Å². The smallest absolute Gasteiger partial charge is 0.242 e. The molecule has 0 fully saturated rings. The molecule has 8 heteroatoms. The van der Waals surface area contributed by atoms with Crippen molar-refractivity contribution in [2.75, 3.05) is 7.05 Å². The van der Waals surface area contributed by atoms with Gasteiger partial charge >= 0.3 is 0 Å². The van der Waals surface area contributed by atoms with Gasteiger partial charge in [-0.1, -0.05) is 53.2 Å². The van der Waals surface area contributed by atoms with Gasteiger partial charge in [0.2, 0.25) is 21.7 Å². The molecule has 1 aromatic heterocycles. The molecule has 0 aliphatic heterocycles. The van der Waals surface area contributed by atoms with Gasteiger partial charge in [-0.05, 0) is 30.2 Å². The lowest BCUT2D eigenvalue weighted by Gasteiger charge is -2.15. The van der Waals surface area contributed by atoms with Crippen molar-refractivity contribution in [2.24, 2.45) is 0 Å². The van der Waals surface area contributed by atoms with E-state index in [0.717, 1.165) is 11.1 Å². The highest BCUT2D eigenvalue weighted by atomic mass is 35.5. The normalized spacial score (nSPS) is 11.8. The summed E-state index contributed by atoms with van der Waals surface area (Å²) in [4.78, 5) is 4.31. The Morgan fingerprint density at radius 2 is 1.92 bits per heavy atom. The Kier molecular flexibility index (Phi) is 5.41. The Morgan fingerprint density at radius 1 is 1.15 bits per heavy atom. The van der Waals surface area contributed by atoms with Gasteiger partial charge in [0.1, 0.15) is 0 Å². The number of aromatic nitrogens is 2. The molecular weight excluding hydrogens is 374 g/mol. The highest BCUT2D eigenvalue weighted by molar-refractivity contribution is 7.88. The molecule has 0 saturated heterocycles. The maximum atomic E-state index is 12.5. The fourth-order valence-corrected chi connectivity index (χ4v) is 3.83. The molecule has 0 N–H and O–H groups in total. The van der Waals surface area contributed by atoms with Crippen LogP contribution in [0.2, 0.25) is 5.02 Å². The number of hydrogen-bond acceptors (Lipinski definition) is 5. The molecule has 0 bridgehead atoms. The van der Waals surface area contributed by atoms with Crippen LogP contribution in [0.3, 0.4) is 0 Å². The van der Waals surface area contributed by atoms with Gasteiger partial charge in [0.05, 0.1) is 12.3 Å². The molecule has 0 atom stereocenters. The van der Waals surface area contributed by atoms with Gasteiger partial charge in [0, 0.05) is 17.6 Å². The zero-order valence-electron chi connectivity index (χ0n) is 14.4. The van der Waals surface area contributed by atoms with E-state index in [9.17, 15) is 8.42 Å². The van der Waals surface area contributed by atoms with E-state index in [1.165, 1.54) is 11.4 Å². The maximum Gasteiger partial charge on any atom is 0.242 e. The molecule has 0 aliphatic rings. The van der Waals surface area contributed by atoms with Gasteiger partial charge < -0.3 is 4.52 Å². The predicted molar refractivity (Wildman–Crippen MR) is 100 cm³/mol. The molecule has 26 heavy (non-hydrogen) atoms. The number of rotatable bonds is 6. The topological polar surface area (TPSA) is 76.3 Å². The number of halogens is 1.